The molecular weight excluding hydrogens is 194 g/mol. The summed E-state index contributed by atoms with van der Waals surface area (Å²) in [5.74, 6) is 6.20. The van der Waals surface area contributed by atoms with Gasteiger partial charge in [0.15, 0.2) is 0 Å². The van der Waals surface area contributed by atoms with Crippen LogP contribution in [0.15, 0.2) is 11.6 Å². The lowest BCUT2D eigenvalue weighted by Gasteiger charge is -2.32. The number of allylic oxidation sites excluding steroid dienone is 1. The number of rotatable bonds is 5. The zero-order valence-corrected chi connectivity index (χ0v) is 11.1. The lowest BCUT2D eigenvalue weighted by molar-refractivity contribution is 0.184. The third-order valence-electron chi connectivity index (χ3n) is 3.21. The second kappa shape index (κ2) is 7.52. The van der Waals surface area contributed by atoms with Crippen LogP contribution < -0.4 is 0 Å². The molecule has 0 aromatic carbocycles. The van der Waals surface area contributed by atoms with Crippen LogP contribution in [0.3, 0.4) is 0 Å². The Morgan fingerprint density at radius 1 is 1.31 bits per heavy atom. The van der Waals surface area contributed by atoms with Gasteiger partial charge in [-0.05, 0) is 57.7 Å². The molecule has 1 nitrogen and oxygen atoms in total. The summed E-state index contributed by atoms with van der Waals surface area (Å²) in [6.07, 6.45) is 8.55. The summed E-state index contributed by atoms with van der Waals surface area (Å²) in [4.78, 5) is 2.66. The third kappa shape index (κ3) is 4.02. The Hall–Kier alpha value is -0.740. The monoisotopic (exact) mass is 219 g/mol. The second-order valence-corrected chi connectivity index (χ2v) is 4.57. The zero-order valence-electron chi connectivity index (χ0n) is 11.1. The highest BCUT2D eigenvalue weighted by molar-refractivity contribution is 5.29. The molecule has 1 atom stereocenters. The fraction of sp³-hybridized carbons (Fsp3) is 0.733. The van der Waals surface area contributed by atoms with Crippen molar-refractivity contribution >= 4 is 0 Å². The van der Waals surface area contributed by atoms with Gasteiger partial charge in [-0.25, -0.2) is 0 Å². The predicted molar refractivity (Wildman–Crippen MR) is 71.3 cm³/mol. The Kier molecular flexibility index (Phi) is 6.26. The van der Waals surface area contributed by atoms with E-state index < -0.39 is 0 Å². The van der Waals surface area contributed by atoms with Gasteiger partial charge in [-0.3, -0.25) is 0 Å². The predicted octanol–water partition coefficient (Wildman–Crippen LogP) is 3.61. The van der Waals surface area contributed by atoms with E-state index in [1.54, 1.807) is 0 Å². The minimum Gasteiger partial charge on any atom is -0.300 e. The van der Waals surface area contributed by atoms with Crippen molar-refractivity contribution in [2.75, 3.05) is 13.1 Å². The van der Waals surface area contributed by atoms with E-state index in [2.05, 4.69) is 36.7 Å². The topological polar surface area (TPSA) is 3.24 Å². The van der Waals surface area contributed by atoms with Gasteiger partial charge in [0, 0.05) is 6.04 Å². The molecule has 1 heteroatoms. The van der Waals surface area contributed by atoms with Crippen molar-refractivity contribution < 1.29 is 0 Å². The quantitative estimate of drug-likeness (QED) is 0.638. The van der Waals surface area contributed by atoms with Gasteiger partial charge in [0.25, 0.3) is 0 Å². The molecule has 1 aliphatic carbocycles. The average Bonchev–Trinajstić information content (AvgIpc) is 2.30. The van der Waals surface area contributed by atoms with Gasteiger partial charge in [0.05, 0.1) is 0 Å². The first-order chi connectivity index (χ1) is 7.81. The number of hydrogen-bond acceptors (Lipinski definition) is 1. The minimum atomic E-state index is 0.766. The van der Waals surface area contributed by atoms with E-state index in [0.717, 1.165) is 6.04 Å². The molecule has 1 unspecified atom stereocenters. The molecule has 1 aliphatic rings. The highest BCUT2D eigenvalue weighted by Crippen LogP contribution is 2.22. The van der Waals surface area contributed by atoms with Crippen molar-refractivity contribution in [1.82, 2.24) is 4.90 Å². The van der Waals surface area contributed by atoms with E-state index >= 15 is 0 Å². The van der Waals surface area contributed by atoms with Crippen LogP contribution in [0.5, 0.6) is 0 Å². The van der Waals surface area contributed by atoms with Gasteiger partial charge >= 0.3 is 0 Å². The van der Waals surface area contributed by atoms with Gasteiger partial charge in [0.2, 0.25) is 0 Å². The number of hydrogen-bond donors (Lipinski definition) is 0. The van der Waals surface area contributed by atoms with Crippen LogP contribution in [0, 0.1) is 11.8 Å². The summed E-state index contributed by atoms with van der Waals surface area (Å²) < 4.78 is 0. The highest BCUT2D eigenvalue weighted by Gasteiger charge is 2.19. The van der Waals surface area contributed by atoms with E-state index in [1.807, 2.05) is 6.92 Å². The summed E-state index contributed by atoms with van der Waals surface area (Å²) in [5, 5.41) is 0. The average molecular weight is 219 g/mol. The standard InChI is InChI=1S/C15H25N/c1-4-7-14-8-10-15(11-9-14)16(12-5-2)13-6-3/h8,15H,5-6,9-13H2,1-3H3. The first-order valence-corrected chi connectivity index (χ1v) is 6.67. The summed E-state index contributed by atoms with van der Waals surface area (Å²) in [6, 6.07) is 0.766. The smallest absolute Gasteiger partial charge is 0.0134 e. The van der Waals surface area contributed by atoms with Gasteiger partial charge in [-0.2, -0.15) is 0 Å². The largest absolute Gasteiger partial charge is 0.300 e. The summed E-state index contributed by atoms with van der Waals surface area (Å²) in [5.41, 5.74) is 1.35. The molecule has 90 valence electrons. The fourth-order valence-electron chi connectivity index (χ4n) is 2.48. The first kappa shape index (κ1) is 13.3. The van der Waals surface area contributed by atoms with E-state index in [9.17, 15) is 0 Å². The second-order valence-electron chi connectivity index (χ2n) is 4.57. The Morgan fingerprint density at radius 3 is 2.44 bits per heavy atom. The van der Waals surface area contributed by atoms with Crippen LogP contribution in [-0.2, 0) is 0 Å². The molecule has 0 heterocycles. The first-order valence-electron chi connectivity index (χ1n) is 6.67. The maximum absolute atomic E-state index is 3.20. The van der Waals surface area contributed by atoms with E-state index in [4.69, 9.17) is 0 Å². The van der Waals surface area contributed by atoms with Crippen molar-refractivity contribution in [3.05, 3.63) is 11.6 Å². The molecule has 0 bridgehead atoms. The Bertz CT molecular complexity index is 274. The van der Waals surface area contributed by atoms with E-state index in [1.165, 1.54) is 50.8 Å². The van der Waals surface area contributed by atoms with Crippen LogP contribution in [0.1, 0.15) is 52.9 Å². The van der Waals surface area contributed by atoms with Crippen LogP contribution in [0.25, 0.3) is 0 Å². The Morgan fingerprint density at radius 2 is 2.00 bits per heavy atom. The van der Waals surface area contributed by atoms with Gasteiger partial charge in [0.1, 0.15) is 0 Å². The Balaban J connectivity index is 2.51. The normalized spacial score (nSPS) is 20.2. The summed E-state index contributed by atoms with van der Waals surface area (Å²) >= 11 is 0. The maximum Gasteiger partial charge on any atom is 0.0134 e. The van der Waals surface area contributed by atoms with Gasteiger partial charge in [-0.1, -0.05) is 25.8 Å². The Labute approximate surface area is 101 Å². The molecule has 0 amide bonds. The van der Waals surface area contributed by atoms with Gasteiger partial charge in [-0.15, -0.1) is 5.92 Å². The SMILES string of the molecule is CC#CC1=CCC(N(CCC)CCC)CC1. The van der Waals surface area contributed by atoms with E-state index in [0.29, 0.717) is 0 Å². The van der Waals surface area contributed by atoms with Crippen molar-refractivity contribution in [3.8, 4) is 11.8 Å². The van der Waals surface area contributed by atoms with Crippen LogP contribution in [0.4, 0.5) is 0 Å². The summed E-state index contributed by atoms with van der Waals surface area (Å²) in [7, 11) is 0. The van der Waals surface area contributed by atoms with Gasteiger partial charge < -0.3 is 4.90 Å². The highest BCUT2D eigenvalue weighted by atomic mass is 15.1. The van der Waals surface area contributed by atoms with Crippen molar-refractivity contribution in [2.24, 2.45) is 0 Å². The molecule has 0 N–H and O–H groups in total. The van der Waals surface area contributed by atoms with Crippen molar-refractivity contribution in [1.29, 1.82) is 0 Å². The van der Waals surface area contributed by atoms with Crippen molar-refractivity contribution in [3.63, 3.8) is 0 Å². The lowest BCUT2D eigenvalue weighted by atomic mass is 9.94. The molecule has 0 spiro atoms. The minimum absolute atomic E-state index is 0.766. The molecule has 0 fully saturated rings. The zero-order chi connectivity index (χ0) is 11.8. The molecule has 1 rings (SSSR count). The fourth-order valence-corrected chi connectivity index (χ4v) is 2.48. The van der Waals surface area contributed by atoms with Crippen LogP contribution in [-0.4, -0.2) is 24.0 Å². The molecule has 16 heavy (non-hydrogen) atoms. The summed E-state index contributed by atoms with van der Waals surface area (Å²) in [6.45, 7) is 8.97. The van der Waals surface area contributed by atoms with E-state index in [-0.39, 0.29) is 0 Å². The van der Waals surface area contributed by atoms with Crippen LogP contribution in [0.2, 0.25) is 0 Å². The molecule has 0 saturated heterocycles. The molecule has 0 aromatic rings. The van der Waals surface area contributed by atoms with Crippen molar-refractivity contribution in [2.45, 2.75) is 58.9 Å². The molecule has 0 aromatic heterocycles. The lowest BCUT2D eigenvalue weighted by Crippen LogP contribution is -2.37. The number of nitrogens with zero attached hydrogens (tertiary/aromatic N) is 1. The molecular formula is C15H25N. The maximum atomic E-state index is 3.20. The molecule has 0 saturated carbocycles. The third-order valence-corrected chi connectivity index (χ3v) is 3.21. The van der Waals surface area contributed by atoms with Crippen LogP contribution >= 0.6 is 0 Å². The molecule has 0 radical (unpaired) electrons. The molecule has 0 aliphatic heterocycles.